The van der Waals surface area contributed by atoms with Crippen molar-refractivity contribution in [2.45, 2.75) is 104 Å². The lowest BCUT2D eigenvalue weighted by Gasteiger charge is -2.06. The number of carbonyl (C=O) groups is 1. The number of carbonyl (C=O) groups excluding carboxylic acids is 1. The Kier molecular flexibility index (Phi) is 11.2. The number of carboxylic acid groups (broad SMARTS) is 1. The molecule has 0 unspecified atom stereocenters. The molecule has 1 aromatic rings. The predicted molar refractivity (Wildman–Crippen MR) is 95.7 cm³/mol. The van der Waals surface area contributed by atoms with Crippen molar-refractivity contribution in [1.29, 1.82) is 0 Å². The molecule has 4 nitrogen and oxygen atoms in total. The highest BCUT2D eigenvalue weighted by Crippen LogP contribution is 2.08. The van der Waals surface area contributed by atoms with E-state index in [-0.39, 0.29) is 0 Å². The normalized spacial score (nSPS) is 11.1. The molecule has 1 heterocycles. The van der Waals surface area contributed by atoms with Crippen LogP contribution in [-0.2, 0) is 13.1 Å². The van der Waals surface area contributed by atoms with E-state index >= 15 is 0 Å². The lowest BCUT2D eigenvalue weighted by atomic mass is 10.1. The van der Waals surface area contributed by atoms with Crippen LogP contribution in [0.25, 0.3) is 0 Å². The number of imidazole rings is 1. The second-order valence-corrected chi connectivity index (χ2v) is 6.83. The Labute approximate surface area is 147 Å². The van der Waals surface area contributed by atoms with Gasteiger partial charge in [-0.1, -0.05) is 65.2 Å². The summed E-state index contributed by atoms with van der Waals surface area (Å²) in [6.45, 7) is 5.99. The Bertz CT molecular complexity index is 421. The van der Waals surface area contributed by atoms with Crippen LogP contribution in [0.1, 0.15) is 102 Å². The van der Waals surface area contributed by atoms with Crippen LogP contribution in [0.3, 0.4) is 0 Å². The van der Waals surface area contributed by atoms with E-state index < -0.39 is 5.97 Å². The van der Waals surface area contributed by atoms with E-state index in [9.17, 15) is 9.90 Å². The van der Waals surface area contributed by atoms with Gasteiger partial charge in [0, 0.05) is 0 Å². The molecule has 0 aliphatic heterocycles. The molecule has 4 heteroatoms. The first-order valence-corrected chi connectivity index (χ1v) is 10.0. The molecular formula is C20H36N2O2. The smallest absolute Gasteiger partial charge is 0.304 e. The molecule has 138 valence electrons. The first kappa shape index (κ1) is 20.7. The topological polar surface area (TPSA) is 48.9 Å². The minimum absolute atomic E-state index is 0.331. The lowest BCUT2D eigenvalue weighted by Crippen LogP contribution is -2.44. The quantitative estimate of drug-likeness (QED) is 0.361. The van der Waals surface area contributed by atoms with Gasteiger partial charge in [-0.15, -0.1) is 0 Å². The zero-order valence-corrected chi connectivity index (χ0v) is 15.8. The van der Waals surface area contributed by atoms with E-state index in [1.807, 2.05) is 21.5 Å². The second-order valence-electron chi connectivity index (χ2n) is 6.83. The van der Waals surface area contributed by atoms with Crippen molar-refractivity contribution < 1.29 is 14.5 Å². The summed E-state index contributed by atoms with van der Waals surface area (Å²) >= 11 is 0. The minimum atomic E-state index is -1.06. The predicted octanol–water partition coefficient (Wildman–Crippen LogP) is 3.86. The monoisotopic (exact) mass is 336 g/mol. The van der Waals surface area contributed by atoms with Gasteiger partial charge in [0.15, 0.2) is 5.97 Å². The van der Waals surface area contributed by atoms with Crippen molar-refractivity contribution in [2.24, 2.45) is 0 Å². The highest BCUT2D eigenvalue weighted by atomic mass is 16.4. The summed E-state index contributed by atoms with van der Waals surface area (Å²) in [5.74, 6) is -0.728. The zero-order valence-electron chi connectivity index (χ0n) is 15.8. The molecular weight excluding hydrogens is 300 g/mol. The molecule has 1 rings (SSSR count). The average molecular weight is 337 g/mol. The van der Waals surface area contributed by atoms with Gasteiger partial charge in [-0.3, -0.25) is 0 Å². The molecule has 0 amide bonds. The van der Waals surface area contributed by atoms with Gasteiger partial charge in [-0.2, -0.15) is 0 Å². The molecule has 0 saturated heterocycles. The third kappa shape index (κ3) is 7.98. The van der Waals surface area contributed by atoms with Crippen LogP contribution in [0.15, 0.2) is 12.4 Å². The maximum Gasteiger partial charge on any atom is 0.304 e. The van der Waals surface area contributed by atoms with Crippen LogP contribution in [0.5, 0.6) is 0 Å². The Balaban J connectivity index is 2.38. The molecule has 0 aliphatic rings. The molecule has 0 N–H and O–H groups in total. The maximum atomic E-state index is 11.5. The van der Waals surface area contributed by atoms with E-state index in [0.29, 0.717) is 5.82 Å². The Hall–Kier alpha value is -1.32. The maximum absolute atomic E-state index is 11.5. The van der Waals surface area contributed by atoms with Crippen LogP contribution in [0, 0.1) is 0 Å². The third-order valence-corrected chi connectivity index (χ3v) is 4.66. The molecule has 0 fully saturated rings. The van der Waals surface area contributed by atoms with Gasteiger partial charge in [0.2, 0.25) is 0 Å². The number of hydrogen-bond donors (Lipinski definition) is 0. The van der Waals surface area contributed by atoms with Crippen LogP contribution in [-0.4, -0.2) is 10.5 Å². The van der Waals surface area contributed by atoms with Gasteiger partial charge in [-0.05, 0) is 25.7 Å². The first-order valence-electron chi connectivity index (χ1n) is 10.0. The number of aromatic carboxylic acids is 1. The highest BCUT2D eigenvalue weighted by molar-refractivity contribution is 5.79. The molecule has 0 radical (unpaired) electrons. The van der Waals surface area contributed by atoms with Crippen LogP contribution >= 0.6 is 0 Å². The Morgan fingerprint density at radius 2 is 1.46 bits per heavy atom. The number of hydrogen-bond acceptors (Lipinski definition) is 2. The molecule has 0 spiro atoms. The van der Waals surface area contributed by atoms with E-state index in [2.05, 4.69) is 13.8 Å². The highest BCUT2D eigenvalue weighted by Gasteiger charge is 2.17. The summed E-state index contributed by atoms with van der Waals surface area (Å²) in [5, 5.41) is 11.5. The van der Waals surface area contributed by atoms with Crippen LogP contribution < -0.4 is 9.67 Å². The first-order chi connectivity index (χ1) is 11.7. The summed E-state index contributed by atoms with van der Waals surface area (Å²) in [4.78, 5) is 11.5. The number of aryl methyl sites for hydroxylation is 2. The molecule has 0 saturated carbocycles. The number of unbranched alkanes of at least 4 members (excludes halogenated alkanes) is 10. The number of aromatic nitrogens is 2. The molecule has 24 heavy (non-hydrogen) atoms. The summed E-state index contributed by atoms with van der Waals surface area (Å²) in [7, 11) is 0. The number of carboxylic acids is 1. The largest absolute Gasteiger partial charge is 0.538 e. The van der Waals surface area contributed by atoms with E-state index in [1.165, 1.54) is 64.2 Å². The summed E-state index contributed by atoms with van der Waals surface area (Å²) in [6, 6.07) is 0. The molecule has 0 aliphatic carbocycles. The van der Waals surface area contributed by atoms with Gasteiger partial charge in [-0.25, -0.2) is 9.13 Å². The van der Waals surface area contributed by atoms with Gasteiger partial charge in [0.05, 0.1) is 13.1 Å². The van der Waals surface area contributed by atoms with Crippen LogP contribution in [0.2, 0.25) is 0 Å². The van der Waals surface area contributed by atoms with Crippen molar-refractivity contribution >= 4 is 5.97 Å². The van der Waals surface area contributed by atoms with Gasteiger partial charge in [0.1, 0.15) is 12.4 Å². The fourth-order valence-corrected chi connectivity index (χ4v) is 3.19. The van der Waals surface area contributed by atoms with Crippen molar-refractivity contribution in [3.05, 3.63) is 18.2 Å². The molecule has 0 atom stereocenters. The number of nitrogens with zero attached hydrogens (tertiary/aromatic N) is 2. The Morgan fingerprint density at radius 3 is 2.04 bits per heavy atom. The van der Waals surface area contributed by atoms with Crippen molar-refractivity contribution in [1.82, 2.24) is 4.57 Å². The minimum Gasteiger partial charge on any atom is -0.538 e. The summed E-state index contributed by atoms with van der Waals surface area (Å²) in [6.07, 6.45) is 18.4. The van der Waals surface area contributed by atoms with Crippen molar-refractivity contribution in [3.63, 3.8) is 0 Å². The van der Waals surface area contributed by atoms with E-state index in [4.69, 9.17) is 0 Å². The lowest BCUT2D eigenvalue weighted by molar-refractivity contribution is -0.701. The standard InChI is InChI=1S/C20H36N2O2/c1-3-5-7-9-11-13-15-21-17-18-22(19(21)20(23)24)16-14-12-10-8-6-4-2/h17-18H,3-16H2,1-2H3. The zero-order chi connectivity index (χ0) is 17.6. The van der Waals surface area contributed by atoms with Crippen molar-refractivity contribution in [3.8, 4) is 0 Å². The second kappa shape index (κ2) is 13.0. The Morgan fingerprint density at radius 1 is 0.917 bits per heavy atom. The fraction of sp³-hybridized carbons (Fsp3) is 0.800. The summed E-state index contributed by atoms with van der Waals surface area (Å²) in [5.41, 5.74) is 0. The third-order valence-electron chi connectivity index (χ3n) is 4.66. The van der Waals surface area contributed by atoms with Crippen molar-refractivity contribution in [2.75, 3.05) is 0 Å². The SMILES string of the molecule is CCCCCCCCn1cc[n+](CCCCCCCC)c1C(=O)[O-]. The van der Waals surface area contributed by atoms with Gasteiger partial charge >= 0.3 is 5.82 Å². The van der Waals surface area contributed by atoms with E-state index in [1.54, 1.807) is 0 Å². The fourth-order valence-electron chi connectivity index (χ4n) is 3.19. The molecule has 1 aromatic heterocycles. The molecule has 0 aromatic carbocycles. The van der Waals surface area contributed by atoms with Gasteiger partial charge < -0.3 is 9.90 Å². The van der Waals surface area contributed by atoms with E-state index in [0.717, 1.165) is 25.9 Å². The average Bonchev–Trinajstić information content (AvgIpc) is 2.97. The number of rotatable bonds is 15. The van der Waals surface area contributed by atoms with Gasteiger partial charge in [0.25, 0.3) is 0 Å². The van der Waals surface area contributed by atoms with Crippen LogP contribution in [0.4, 0.5) is 0 Å². The summed E-state index contributed by atoms with van der Waals surface area (Å²) < 4.78 is 3.71. The molecule has 0 bridgehead atoms.